The van der Waals surface area contributed by atoms with Crippen molar-refractivity contribution in [3.05, 3.63) is 103 Å². The predicted octanol–water partition coefficient (Wildman–Crippen LogP) is 4.36. The lowest BCUT2D eigenvalue weighted by Crippen LogP contribution is -2.40. The molecule has 4 aromatic rings. The van der Waals surface area contributed by atoms with E-state index in [4.69, 9.17) is 14.2 Å². The lowest BCUT2D eigenvalue weighted by Gasteiger charge is -2.26. The third-order valence-electron chi connectivity index (χ3n) is 6.46. The van der Waals surface area contributed by atoms with Gasteiger partial charge in [0.1, 0.15) is 17.5 Å². The summed E-state index contributed by atoms with van der Waals surface area (Å²) in [4.78, 5) is 32.4. The number of hydrogen-bond donors (Lipinski definition) is 0. The van der Waals surface area contributed by atoms with Crippen molar-refractivity contribution in [1.82, 2.24) is 4.57 Å². The van der Waals surface area contributed by atoms with Crippen LogP contribution in [-0.4, -0.2) is 30.9 Å². The Labute approximate surface area is 223 Å². The second-order valence-electron chi connectivity index (χ2n) is 8.68. The minimum Gasteiger partial charge on any atom is -0.496 e. The van der Waals surface area contributed by atoms with Crippen LogP contribution in [0.1, 0.15) is 37.9 Å². The smallest absolute Gasteiger partial charge is 0.338 e. The van der Waals surface area contributed by atoms with Gasteiger partial charge >= 0.3 is 5.97 Å². The average Bonchev–Trinajstić information content (AvgIpc) is 3.23. The van der Waals surface area contributed by atoms with Gasteiger partial charge in [-0.05, 0) is 49.8 Å². The molecule has 8 heteroatoms. The normalized spacial score (nSPS) is 15.3. The van der Waals surface area contributed by atoms with Crippen LogP contribution in [0.15, 0.2) is 81.7 Å². The van der Waals surface area contributed by atoms with Gasteiger partial charge < -0.3 is 14.2 Å². The second-order valence-corrected chi connectivity index (χ2v) is 9.68. The lowest BCUT2D eigenvalue weighted by molar-refractivity contribution is -0.139. The summed E-state index contributed by atoms with van der Waals surface area (Å²) >= 11 is 1.28. The topological polar surface area (TPSA) is 79.1 Å². The zero-order chi connectivity index (χ0) is 26.8. The molecule has 0 unspecified atom stereocenters. The van der Waals surface area contributed by atoms with Gasteiger partial charge in [0.2, 0.25) is 0 Å². The Hall–Kier alpha value is -4.17. The number of nitrogens with zero attached hydrogens (tertiary/aromatic N) is 2. The van der Waals surface area contributed by atoms with Gasteiger partial charge in [-0.3, -0.25) is 9.36 Å². The van der Waals surface area contributed by atoms with Crippen LogP contribution < -0.4 is 24.4 Å². The number of carbonyl (C=O) groups excluding carboxylic acids is 1. The van der Waals surface area contributed by atoms with Gasteiger partial charge in [0.05, 0.1) is 36.1 Å². The summed E-state index contributed by atoms with van der Waals surface area (Å²) in [5.74, 6) is 0.757. The van der Waals surface area contributed by atoms with E-state index < -0.39 is 12.0 Å². The standard InChI is InChI=1S/C30H28N2O5S/c1-5-36-24-14-10-9-13-21(24)27-26(29(34)37-6-2)18(3)31-30-32(27)28(33)25(38-30)17-22-20-12-8-7-11-19(20)15-16-23(22)35-4/h7-17,27H,5-6H2,1-4H3/b25-17-/t27-/m1/s1. The summed E-state index contributed by atoms with van der Waals surface area (Å²) < 4.78 is 19.0. The summed E-state index contributed by atoms with van der Waals surface area (Å²) in [6.07, 6.45) is 1.85. The van der Waals surface area contributed by atoms with Gasteiger partial charge in [-0.25, -0.2) is 9.79 Å². The van der Waals surface area contributed by atoms with Crippen molar-refractivity contribution in [3.8, 4) is 11.5 Å². The molecule has 0 aliphatic carbocycles. The summed E-state index contributed by atoms with van der Waals surface area (Å²) in [7, 11) is 1.61. The van der Waals surface area contributed by atoms with Gasteiger partial charge in [0.25, 0.3) is 5.56 Å². The number of hydrogen-bond acceptors (Lipinski definition) is 7. The maximum Gasteiger partial charge on any atom is 0.338 e. The molecule has 0 fully saturated rings. The molecule has 1 aromatic heterocycles. The first-order valence-corrected chi connectivity index (χ1v) is 13.3. The van der Waals surface area contributed by atoms with E-state index >= 15 is 0 Å². The summed E-state index contributed by atoms with van der Waals surface area (Å²) in [5.41, 5.74) is 2.08. The van der Waals surface area contributed by atoms with Crippen molar-refractivity contribution in [3.63, 3.8) is 0 Å². The van der Waals surface area contributed by atoms with E-state index in [0.717, 1.165) is 16.3 Å². The van der Waals surface area contributed by atoms with E-state index in [9.17, 15) is 9.59 Å². The molecule has 5 rings (SSSR count). The molecule has 0 amide bonds. The van der Waals surface area contributed by atoms with Crippen molar-refractivity contribution in [1.29, 1.82) is 0 Å². The molecule has 0 spiro atoms. The molecular weight excluding hydrogens is 500 g/mol. The van der Waals surface area contributed by atoms with Crippen LogP contribution in [0.2, 0.25) is 0 Å². The SMILES string of the molecule is CCOC(=O)C1=C(C)N=c2s/c(=C\c3c(OC)ccc4ccccc34)c(=O)n2[C@@H]1c1ccccc1OCC. The van der Waals surface area contributed by atoms with E-state index in [1.807, 2.05) is 73.7 Å². The maximum atomic E-state index is 14.1. The monoisotopic (exact) mass is 528 g/mol. The number of aromatic nitrogens is 1. The fraction of sp³-hybridized carbons (Fsp3) is 0.233. The van der Waals surface area contributed by atoms with Crippen molar-refractivity contribution in [2.45, 2.75) is 26.8 Å². The first-order valence-electron chi connectivity index (χ1n) is 12.5. The van der Waals surface area contributed by atoms with Crippen LogP contribution in [0.3, 0.4) is 0 Å². The lowest BCUT2D eigenvalue weighted by atomic mass is 9.95. The zero-order valence-electron chi connectivity index (χ0n) is 21.7. The summed E-state index contributed by atoms with van der Waals surface area (Å²) in [6, 6.07) is 18.6. The molecule has 1 aliphatic heterocycles. The minimum atomic E-state index is -0.746. The Morgan fingerprint density at radius 3 is 2.55 bits per heavy atom. The molecule has 7 nitrogen and oxygen atoms in total. The van der Waals surface area contributed by atoms with Crippen molar-refractivity contribution in [2.24, 2.45) is 4.99 Å². The first-order chi connectivity index (χ1) is 18.5. The van der Waals surface area contributed by atoms with Crippen LogP contribution in [0, 0.1) is 0 Å². The number of esters is 1. The van der Waals surface area contributed by atoms with Crippen LogP contribution in [-0.2, 0) is 9.53 Å². The molecule has 0 saturated carbocycles. The number of rotatable bonds is 7. The number of fused-ring (bicyclic) bond motifs is 2. The molecule has 1 atom stereocenters. The fourth-order valence-corrected chi connectivity index (χ4v) is 5.84. The second kappa shape index (κ2) is 10.7. The quantitative estimate of drug-likeness (QED) is 0.333. The Kier molecular flexibility index (Phi) is 7.15. The van der Waals surface area contributed by atoms with Gasteiger partial charge in [0.15, 0.2) is 4.80 Å². The molecule has 194 valence electrons. The maximum absolute atomic E-state index is 14.1. The van der Waals surface area contributed by atoms with Crippen LogP contribution >= 0.6 is 11.3 Å². The van der Waals surface area contributed by atoms with Gasteiger partial charge in [0, 0.05) is 11.1 Å². The highest BCUT2D eigenvalue weighted by atomic mass is 32.1. The highest BCUT2D eigenvalue weighted by Crippen LogP contribution is 2.36. The van der Waals surface area contributed by atoms with Crippen molar-refractivity contribution in [2.75, 3.05) is 20.3 Å². The molecule has 0 bridgehead atoms. The Morgan fingerprint density at radius 2 is 1.79 bits per heavy atom. The number of benzene rings is 3. The van der Waals surface area contributed by atoms with E-state index in [0.29, 0.717) is 44.3 Å². The molecule has 1 aliphatic rings. The van der Waals surface area contributed by atoms with E-state index in [1.165, 1.54) is 11.3 Å². The van der Waals surface area contributed by atoms with E-state index in [1.54, 1.807) is 25.5 Å². The molecule has 38 heavy (non-hydrogen) atoms. The van der Waals surface area contributed by atoms with Gasteiger partial charge in [-0.1, -0.05) is 59.9 Å². The predicted molar refractivity (Wildman–Crippen MR) is 149 cm³/mol. The number of para-hydroxylation sites is 1. The van der Waals surface area contributed by atoms with Gasteiger partial charge in [-0.15, -0.1) is 0 Å². The molecule has 3 aromatic carbocycles. The van der Waals surface area contributed by atoms with E-state index in [2.05, 4.69) is 4.99 Å². The third-order valence-corrected chi connectivity index (χ3v) is 7.44. The summed E-state index contributed by atoms with van der Waals surface area (Å²) in [6.45, 7) is 6.07. The molecule has 0 saturated heterocycles. The number of methoxy groups -OCH3 is 1. The fourth-order valence-electron chi connectivity index (χ4n) is 4.81. The molecule has 2 heterocycles. The molecule has 0 N–H and O–H groups in total. The van der Waals surface area contributed by atoms with Crippen molar-refractivity contribution < 1.29 is 19.0 Å². The number of ether oxygens (including phenoxy) is 3. The Morgan fingerprint density at radius 1 is 1.03 bits per heavy atom. The first kappa shape index (κ1) is 25.5. The highest BCUT2D eigenvalue weighted by molar-refractivity contribution is 7.07. The van der Waals surface area contributed by atoms with Gasteiger partial charge in [-0.2, -0.15) is 0 Å². The molecular formula is C30H28N2O5S. The number of thiazole rings is 1. The van der Waals surface area contributed by atoms with E-state index in [-0.39, 0.29) is 12.2 Å². The average molecular weight is 529 g/mol. The minimum absolute atomic E-state index is 0.209. The third kappa shape index (κ3) is 4.41. The zero-order valence-corrected chi connectivity index (χ0v) is 22.5. The summed E-state index contributed by atoms with van der Waals surface area (Å²) in [5, 5.41) is 2.01. The van der Waals surface area contributed by atoms with Crippen LogP contribution in [0.4, 0.5) is 0 Å². The van der Waals surface area contributed by atoms with Crippen LogP contribution in [0.25, 0.3) is 16.8 Å². The molecule has 0 radical (unpaired) electrons. The largest absolute Gasteiger partial charge is 0.496 e. The Bertz CT molecular complexity index is 1750. The number of allylic oxidation sites excluding steroid dienone is 1. The highest BCUT2D eigenvalue weighted by Gasteiger charge is 2.35. The van der Waals surface area contributed by atoms with Crippen LogP contribution in [0.5, 0.6) is 11.5 Å². The van der Waals surface area contributed by atoms with Crippen molar-refractivity contribution >= 4 is 34.2 Å². The Balaban J connectivity index is 1.80. The number of carbonyl (C=O) groups is 1.